The molecule has 0 fully saturated rings. The quantitative estimate of drug-likeness (QED) is 0.800. The van der Waals surface area contributed by atoms with Gasteiger partial charge in [0.15, 0.2) is 5.69 Å². The summed E-state index contributed by atoms with van der Waals surface area (Å²) in [6.07, 6.45) is 0. The molecule has 0 aliphatic rings. The Morgan fingerprint density at radius 3 is 2.43 bits per heavy atom. The van der Waals surface area contributed by atoms with Crippen molar-refractivity contribution in [3.8, 4) is 11.5 Å². The Bertz CT molecular complexity index is 678. The summed E-state index contributed by atoms with van der Waals surface area (Å²) in [5.41, 5.74) is 1.08. The van der Waals surface area contributed by atoms with Gasteiger partial charge in [-0.3, -0.25) is 9.59 Å². The van der Waals surface area contributed by atoms with Gasteiger partial charge < -0.3 is 15.1 Å². The van der Waals surface area contributed by atoms with Crippen molar-refractivity contribution in [2.45, 2.75) is 20.8 Å². The number of aromatic nitrogens is 1. The number of nitrogens with zero attached hydrogens (tertiary/aromatic N) is 1. The van der Waals surface area contributed by atoms with Crippen LogP contribution in [0.5, 0.6) is 0 Å². The molecule has 122 valence electrons. The topological polar surface area (TPSA) is 84.2 Å². The van der Waals surface area contributed by atoms with Crippen LogP contribution in [0.2, 0.25) is 0 Å². The Morgan fingerprint density at radius 1 is 1.13 bits per heavy atom. The van der Waals surface area contributed by atoms with Crippen LogP contribution >= 0.6 is 0 Å². The molecule has 0 atom stereocenters. The van der Waals surface area contributed by atoms with Gasteiger partial charge in [0.1, 0.15) is 5.76 Å². The first-order valence-corrected chi connectivity index (χ1v) is 7.57. The van der Waals surface area contributed by atoms with Gasteiger partial charge in [0.05, 0.1) is 0 Å². The van der Waals surface area contributed by atoms with Gasteiger partial charge in [-0.2, -0.15) is 0 Å². The molecule has 6 heteroatoms. The summed E-state index contributed by atoms with van der Waals surface area (Å²) in [5, 5.41) is 5.46. The molecule has 1 heterocycles. The molecule has 0 unspecified atom stereocenters. The highest BCUT2D eigenvalue weighted by atomic mass is 16.4. The predicted octanol–water partition coefficient (Wildman–Crippen LogP) is 2.15. The normalized spacial score (nSPS) is 10.6. The second-order valence-electron chi connectivity index (χ2n) is 5.49. The number of hydrogen-bond donors (Lipinski definition) is 2. The van der Waals surface area contributed by atoms with E-state index >= 15 is 0 Å². The largest absolute Gasteiger partial charge is 0.441 e. The zero-order valence-corrected chi connectivity index (χ0v) is 13.6. The van der Waals surface area contributed by atoms with Gasteiger partial charge in [0.25, 0.3) is 5.91 Å². The minimum atomic E-state index is -0.313. The van der Waals surface area contributed by atoms with E-state index in [4.69, 9.17) is 4.42 Å². The lowest BCUT2D eigenvalue weighted by molar-refractivity contribution is -0.123. The van der Waals surface area contributed by atoms with E-state index in [0.717, 1.165) is 5.56 Å². The summed E-state index contributed by atoms with van der Waals surface area (Å²) in [6.45, 7) is 6.06. The summed E-state index contributed by atoms with van der Waals surface area (Å²) in [7, 11) is 0. The Labute approximate surface area is 135 Å². The fraction of sp³-hybridized carbons (Fsp3) is 0.353. The van der Waals surface area contributed by atoms with E-state index in [1.54, 1.807) is 6.92 Å². The lowest BCUT2D eigenvalue weighted by Gasteiger charge is -2.08. The zero-order valence-electron chi connectivity index (χ0n) is 13.6. The average Bonchev–Trinajstić information content (AvgIpc) is 2.94. The minimum absolute atomic E-state index is 0.0387. The van der Waals surface area contributed by atoms with Gasteiger partial charge >= 0.3 is 0 Å². The van der Waals surface area contributed by atoms with Crippen LogP contribution < -0.4 is 10.6 Å². The molecule has 0 aliphatic heterocycles. The number of rotatable bonds is 6. The van der Waals surface area contributed by atoms with Gasteiger partial charge in [-0.25, -0.2) is 4.98 Å². The number of benzene rings is 1. The Kier molecular flexibility index (Phi) is 5.51. The van der Waals surface area contributed by atoms with Gasteiger partial charge in [-0.15, -0.1) is 0 Å². The fourth-order valence-electron chi connectivity index (χ4n) is 1.96. The van der Waals surface area contributed by atoms with Gasteiger partial charge in [0.2, 0.25) is 11.8 Å². The maximum absolute atomic E-state index is 12.1. The van der Waals surface area contributed by atoms with Crippen molar-refractivity contribution in [1.29, 1.82) is 0 Å². The third kappa shape index (κ3) is 4.42. The highest BCUT2D eigenvalue weighted by Crippen LogP contribution is 2.21. The molecule has 1 aromatic carbocycles. The van der Waals surface area contributed by atoms with E-state index in [1.807, 2.05) is 44.2 Å². The number of oxazole rings is 1. The van der Waals surface area contributed by atoms with Gasteiger partial charge in [0, 0.05) is 24.6 Å². The molecule has 0 saturated carbocycles. The summed E-state index contributed by atoms with van der Waals surface area (Å²) < 4.78 is 5.56. The average molecular weight is 315 g/mol. The Balaban J connectivity index is 1.93. The van der Waals surface area contributed by atoms with E-state index in [1.165, 1.54) is 0 Å². The molecule has 0 saturated heterocycles. The first-order chi connectivity index (χ1) is 11.0. The van der Waals surface area contributed by atoms with Crippen LogP contribution in [0.1, 0.15) is 30.1 Å². The molecule has 6 nitrogen and oxygen atoms in total. The molecular weight excluding hydrogens is 294 g/mol. The maximum atomic E-state index is 12.1. The second kappa shape index (κ2) is 7.58. The van der Waals surface area contributed by atoms with Crippen molar-refractivity contribution in [3.05, 3.63) is 41.8 Å². The number of nitrogens with one attached hydrogen (secondary N) is 2. The van der Waals surface area contributed by atoms with E-state index < -0.39 is 0 Å². The number of aryl methyl sites for hydroxylation is 1. The highest BCUT2D eigenvalue weighted by Gasteiger charge is 2.17. The number of hydrogen-bond acceptors (Lipinski definition) is 4. The van der Waals surface area contributed by atoms with Crippen LogP contribution in [-0.4, -0.2) is 29.9 Å². The first-order valence-electron chi connectivity index (χ1n) is 7.57. The number of carbonyl (C=O) groups excluding carboxylic acids is 2. The minimum Gasteiger partial charge on any atom is -0.441 e. The van der Waals surface area contributed by atoms with Crippen LogP contribution in [0.15, 0.2) is 34.7 Å². The predicted molar refractivity (Wildman–Crippen MR) is 86.9 cm³/mol. The molecule has 2 amide bonds. The molecule has 23 heavy (non-hydrogen) atoms. The first kappa shape index (κ1) is 16.7. The van der Waals surface area contributed by atoms with Gasteiger partial charge in [-0.05, 0) is 19.1 Å². The van der Waals surface area contributed by atoms with Crippen LogP contribution in [0.25, 0.3) is 11.5 Å². The lowest BCUT2D eigenvalue weighted by atomic mass is 10.2. The molecule has 0 aliphatic carbocycles. The van der Waals surface area contributed by atoms with Crippen molar-refractivity contribution in [2.24, 2.45) is 5.92 Å². The number of amides is 2. The van der Waals surface area contributed by atoms with Gasteiger partial charge in [-0.1, -0.05) is 32.0 Å². The van der Waals surface area contributed by atoms with Crippen LogP contribution in [0.4, 0.5) is 0 Å². The molecule has 1 aromatic heterocycles. The maximum Gasteiger partial charge on any atom is 0.273 e. The second-order valence-corrected chi connectivity index (χ2v) is 5.49. The Hall–Kier alpha value is -2.63. The van der Waals surface area contributed by atoms with E-state index in [9.17, 15) is 9.59 Å². The van der Waals surface area contributed by atoms with Crippen LogP contribution in [0.3, 0.4) is 0 Å². The summed E-state index contributed by atoms with van der Waals surface area (Å²) in [6, 6.07) is 9.40. The van der Waals surface area contributed by atoms with Crippen LogP contribution in [-0.2, 0) is 4.79 Å². The smallest absolute Gasteiger partial charge is 0.273 e. The Morgan fingerprint density at radius 2 is 1.78 bits per heavy atom. The third-order valence-corrected chi connectivity index (χ3v) is 3.27. The third-order valence-electron chi connectivity index (χ3n) is 3.27. The fourth-order valence-corrected chi connectivity index (χ4v) is 1.96. The van der Waals surface area contributed by atoms with Crippen molar-refractivity contribution < 1.29 is 14.0 Å². The zero-order chi connectivity index (χ0) is 16.8. The molecule has 2 rings (SSSR count). The van der Waals surface area contributed by atoms with Crippen molar-refractivity contribution in [1.82, 2.24) is 15.6 Å². The molecular formula is C17H21N3O3. The summed E-state index contributed by atoms with van der Waals surface area (Å²) in [5.74, 6) is 0.460. The molecule has 2 N–H and O–H groups in total. The number of carbonyl (C=O) groups is 2. The highest BCUT2D eigenvalue weighted by molar-refractivity contribution is 5.93. The molecule has 0 bridgehead atoms. The SMILES string of the molecule is Cc1oc(-c2ccccc2)nc1C(=O)NCCNC(=O)C(C)C. The van der Waals surface area contributed by atoms with E-state index in [2.05, 4.69) is 15.6 Å². The van der Waals surface area contributed by atoms with E-state index in [0.29, 0.717) is 24.7 Å². The van der Waals surface area contributed by atoms with E-state index in [-0.39, 0.29) is 23.4 Å². The van der Waals surface area contributed by atoms with Crippen molar-refractivity contribution in [3.63, 3.8) is 0 Å². The summed E-state index contributed by atoms with van der Waals surface area (Å²) >= 11 is 0. The monoisotopic (exact) mass is 315 g/mol. The summed E-state index contributed by atoms with van der Waals surface area (Å²) in [4.78, 5) is 27.8. The lowest BCUT2D eigenvalue weighted by Crippen LogP contribution is -2.36. The van der Waals surface area contributed by atoms with Crippen LogP contribution in [0, 0.1) is 12.8 Å². The van der Waals surface area contributed by atoms with Crippen molar-refractivity contribution >= 4 is 11.8 Å². The molecule has 0 radical (unpaired) electrons. The van der Waals surface area contributed by atoms with Crippen molar-refractivity contribution in [2.75, 3.05) is 13.1 Å². The standard InChI is InChI=1S/C17H21N3O3/c1-11(2)15(21)18-9-10-19-16(22)14-12(3)23-17(20-14)13-7-5-4-6-8-13/h4-8,11H,9-10H2,1-3H3,(H,18,21)(H,19,22). The molecule has 0 spiro atoms. The molecule has 2 aromatic rings.